The van der Waals surface area contributed by atoms with Crippen molar-refractivity contribution in [2.75, 3.05) is 6.61 Å². The fourth-order valence-electron chi connectivity index (χ4n) is 4.51. The highest BCUT2D eigenvalue weighted by atomic mass is 19.4. The molecule has 2 heterocycles. The average Bonchev–Trinajstić information content (AvgIpc) is 3.35. The zero-order valence-corrected chi connectivity index (χ0v) is 22.4. The first-order valence-electron chi connectivity index (χ1n) is 12.6. The van der Waals surface area contributed by atoms with E-state index in [1.165, 1.54) is 24.4 Å². The molecule has 2 aromatic carbocycles. The number of benzene rings is 2. The highest BCUT2D eigenvalue weighted by Gasteiger charge is 2.75. The Balaban J connectivity index is 1.81. The number of aryl methyl sites for hydroxylation is 2. The van der Waals surface area contributed by atoms with Gasteiger partial charge in [0.15, 0.2) is 0 Å². The smallest absolute Gasteiger partial charge is 0.422 e. The van der Waals surface area contributed by atoms with Crippen LogP contribution in [0.25, 0.3) is 5.57 Å². The van der Waals surface area contributed by atoms with Crippen LogP contribution in [-0.4, -0.2) is 41.9 Å². The minimum absolute atomic E-state index is 0.182. The normalized spacial score (nSPS) is 18.8. The molecule has 3 aromatic rings. The van der Waals surface area contributed by atoms with Gasteiger partial charge in [-0.3, -0.25) is 9.59 Å². The first kappa shape index (κ1) is 31.5. The van der Waals surface area contributed by atoms with E-state index in [9.17, 15) is 35.9 Å². The van der Waals surface area contributed by atoms with Gasteiger partial charge in [-0.25, -0.2) is 0 Å². The summed E-state index contributed by atoms with van der Waals surface area (Å²) in [5.74, 6) is -8.49. The second-order valence-corrected chi connectivity index (χ2v) is 9.77. The SMILES string of the molecule is Cc1ccc(C2=C(NC(=O)c3cc(C)no3)C(=O)NC(c3ccc(OCCCC(F)(F)F)cc3)(C(F)(F)F)C2(F)F)cc1. The molecule has 1 aromatic heterocycles. The molecule has 0 aliphatic carbocycles. The number of nitrogens with one attached hydrogen (secondary N) is 2. The fraction of sp³-hybridized carbons (Fsp3) is 0.321. The number of carbonyl (C=O) groups is 2. The molecule has 7 nitrogen and oxygen atoms in total. The van der Waals surface area contributed by atoms with Gasteiger partial charge in [-0.2, -0.15) is 35.1 Å². The molecule has 2 amide bonds. The molecule has 15 heteroatoms. The fourth-order valence-corrected chi connectivity index (χ4v) is 4.51. The van der Waals surface area contributed by atoms with Crippen LogP contribution >= 0.6 is 0 Å². The Hall–Kier alpha value is -4.43. The van der Waals surface area contributed by atoms with E-state index in [4.69, 9.17) is 9.26 Å². The lowest BCUT2D eigenvalue weighted by Crippen LogP contribution is -2.70. The lowest BCUT2D eigenvalue weighted by molar-refractivity contribution is -0.255. The molecule has 1 atom stereocenters. The Morgan fingerprint density at radius 3 is 2.16 bits per heavy atom. The summed E-state index contributed by atoms with van der Waals surface area (Å²) < 4.78 is 125. The van der Waals surface area contributed by atoms with Gasteiger partial charge < -0.3 is 19.9 Å². The van der Waals surface area contributed by atoms with Crippen molar-refractivity contribution in [2.24, 2.45) is 0 Å². The molecule has 1 aliphatic heterocycles. The van der Waals surface area contributed by atoms with Crippen LogP contribution in [0, 0.1) is 13.8 Å². The molecule has 1 unspecified atom stereocenters. The minimum atomic E-state index is -5.81. The number of amides is 2. The second kappa shape index (κ2) is 11.3. The predicted octanol–water partition coefficient (Wildman–Crippen LogP) is 6.38. The zero-order valence-electron chi connectivity index (χ0n) is 22.4. The Morgan fingerprint density at radius 2 is 1.63 bits per heavy atom. The highest BCUT2D eigenvalue weighted by Crippen LogP contribution is 2.57. The van der Waals surface area contributed by atoms with Gasteiger partial charge >= 0.3 is 18.3 Å². The molecule has 0 bridgehead atoms. The molecular formula is C28H23F8N3O4. The maximum absolute atomic E-state index is 16.6. The molecule has 0 saturated heterocycles. The van der Waals surface area contributed by atoms with Crippen molar-refractivity contribution in [1.29, 1.82) is 0 Å². The van der Waals surface area contributed by atoms with E-state index < -0.39 is 83.2 Å². The van der Waals surface area contributed by atoms with Crippen LogP contribution in [0.4, 0.5) is 35.1 Å². The molecule has 0 radical (unpaired) electrons. The lowest BCUT2D eigenvalue weighted by atomic mass is 9.74. The van der Waals surface area contributed by atoms with Crippen molar-refractivity contribution >= 4 is 17.4 Å². The van der Waals surface area contributed by atoms with E-state index in [-0.39, 0.29) is 11.4 Å². The van der Waals surface area contributed by atoms with E-state index in [2.05, 4.69) is 5.16 Å². The molecule has 2 N–H and O–H groups in total. The van der Waals surface area contributed by atoms with Gasteiger partial charge in [-0.05, 0) is 43.5 Å². The van der Waals surface area contributed by atoms with Gasteiger partial charge in [-0.15, -0.1) is 0 Å². The average molecular weight is 617 g/mol. The monoisotopic (exact) mass is 617 g/mol. The van der Waals surface area contributed by atoms with Crippen LogP contribution in [-0.2, 0) is 10.3 Å². The van der Waals surface area contributed by atoms with Crippen LogP contribution < -0.4 is 15.4 Å². The van der Waals surface area contributed by atoms with Crippen molar-refractivity contribution < 1.29 is 54.0 Å². The number of halogens is 8. The number of hydrogen-bond acceptors (Lipinski definition) is 5. The molecule has 0 spiro atoms. The Morgan fingerprint density at radius 1 is 1.00 bits per heavy atom. The van der Waals surface area contributed by atoms with Gasteiger partial charge in [0.2, 0.25) is 11.3 Å². The molecule has 4 rings (SSSR count). The maximum atomic E-state index is 16.6. The highest BCUT2D eigenvalue weighted by molar-refractivity contribution is 6.09. The van der Waals surface area contributed by atoms with E-state index in [0.717, 1.165) is 30.3 Å². The van der Waals surface area contributed by atoms with Crippen molar-refractivity contribution in [3.63, 3.8) is 0 Å². The largest absolute Gasteiger partial charge is 0.494 e. The van der Waals surface area contributed by atoms with Gasteiger partial charge in [0.05, 0.1) is 17.9 Å². The second-order valence-electron chi connectivity index (χ2n) is 9.77. The van der Waals surface area contributed by atoms with Crippen LogP contribution in [0.1, 0.15) is 45.8 Å². The van der Waals surface area contributed by atoms with E-state index in [1.807, 2.05) is 5.32 Å². The van der Waals surface area contributed by atoms with Crippen LogP contribution in [0.2, 0.25) is 0 Å². The molecule has 1 aliphatic rings. The standard InChI is InChI=1S/C28H23F8N3O4/c1-15-4-6-17(7-5-15)21-22(37-23(40)20-14-16(2)39-43-20)24(41)38-26(27(21,32)33,28(34,35)36)18-8-10-19(11-9-18)42-13-3-12-25(29,30)31/h4-11,14H,3,12-13H2,1-2H3,(H,37,40)(H,38,41). The lowest BCUT2D eigenvalue weighted by Gasteiger charge is -2.46. The first-order chi connectivity index (χ1) is 20.0. The first-order valence-corrected chi connectivity index (χ1v) is 12.6. The quantitative estimate of drug-likeness (QED) is 0.226. The molecule has 0 fully saturated rings. The van der Waals surface area contributed by atoms with Crippen LogP contribution in [0.3, 0.4) is 0 Å². The molecule has 0 saturated carbocycles. The van der Waals surface area contributed by atoms with Crippen LogP contribution in [0.15, 0.2) is 64.8 Å². The summed E-state index contributed by atoms with van der Waals surface area (Å²) in [5.41, 5.74) is -7.65. The van der Waals surface area contributed by atoms with E-state index >= 15 is 8.78 Å². The molecule has 43 heavy (non-hydrogen) atoms. The number of alkyl halides is 8. The molecular weight excluding hydrogens is 594 g/mol. The van der Waals surface area contributed by atoms with Crippen LogP contribution in [0.5, 0.6) is 5.75 Å². The summed E-state index contributed by atoms with van der Waals surface area (Å²) in [6.45, 7) is 2.62. The summed E-state index contributed by atoms with van der Waals surface area (Å²) in [6.07, 6.45) is -11.9. The number of hydrogen-bond donors (Lipinski definition) is 2. The third kappa shape index (κ3) is 6.20. The number of rotatable bonds is 8. The van der Waals surface area contributed by atoms with E-state index in [0.29, 0.717) is 17.7 Å². The van der Waals surface area contributed by atoms with Crippen molar-refractivity contribution in [1.82, 2.24) is 15.8 Å². The zero-order chi connectivity index (χ0) is 31.8. The third-order valence-electron chi connectivity index (χ3n) is 6.58. The van der Waals surface area contributed by atoms with E-state index in [1.54, 1.807) is 6.92 Å². The Kier molecular flexibility index (Phi) is 8.31. The van der Waals surface area contributed by atoms with Gasteiger partial charge in [0, 0.05) is 12.5 Å². The maximum Gasteiger partial charge on any atom is 0.422 e. The summed E-state index contributed by atoms with van der Waals surface area (Å²) in [5, 5.41) is 6.84. The number of aromatic nitrogens is 1. The summed E-state index contributed by atoms with van der Waals surface area (Å²) in [7, 11) is 0. The number of ether oxygens (including phenoxy) is 1. The van der Waals surface area contributed by atoms with Gasteiger partial charge in [-0.1, -0.05) is 47.1 Å². The Bertz CT molecular complexity index is 1530. The van der Waals surface area contributed by atoms with Crippen molar-refractivity contribution in [3.8, 4) is 5.75 Å². The summed E-state index contributed by atoms with van der Waals surface area (Å²) in [6, 6.07) is 8.99. The topological polar surface area (TPSA) is 93.5 Å². The summed E-state index contributed by atoms with van der Waals surface area (Å²) in [4.78, 5) is 26.0. The minimum Gasteiger partial charge on any atom is -0.494 e. The number of nitrogens with zero attached hydrogens (tertiary/aromatic N) is 1. The molecule has 230 valence electrons. The third-order valence-corrected chi connectivity index (χ3v) is 6.58. The van der Waals surface area contributed by atoms with Crippen molar-refractivity contribution in [3.05, 3.63) is 88.4 Å². The van der Waals surface area contributed by atoms with Gasteiger partial charge in [0.1, 0.15) is 11.4 Å². The van der Waals surface area contributed by atoms with Gasteiger partial charge in [0.25, 0.3) is 11.8 Å². The predicted molar refractivity (Wildman–Crippen MR) is 135 cm³/mol. The summed E-state index contributed by atoms with van der Waals surface area (Å²) >= 11 is 0. The Labute approximate surface area is 238 Å². The van der Waals surface area contributed by atoms with Crippen molar-refractivity contribution in [2.45, 2.75) is 50.5 Å². The number of carbonyl (C=O) groups excluding carboxylic acids is 2.